The van der Waals surface area contributed by atoms with Crippen LogP contribution >= 0.6 is 23.2 Å². The summed E-state index contributed by atoms with van der Waals surface area (Å²) in [5.41, 5.74) is 0.192. The summed E-state index contributed by atoms with van der Waals surface area (Å²) in [6, 6.07) is 7.70. The Kier molecular flexibility index (Phi) is 11.6. The summed E-state index contributed by atoms with van der Waals surface area (Å²) in [6.45, 7) is 0.0446. The number of nitrogens with one attached hydrogen (secondary N) is 2. The van der Waals surface area contributed by atoms with Gasteiger partial charge in [-0.15, -0.1) is 0 Å². The summed E-state index contributed by atoms with van der Waals surface area (Å²) in [7, 11) is -6.41. The number of hydrogen-bond acceptors (Lipinski definition) is 16. The van der Waals surface area contributed by atoms with E-state index >= 15 is 0 Å². The minimum absolute atomic E-state index is 0.0389. The fraction of sp³-hybridized carbons (Fsp3) is 0.231. The van der Waals surface area contributed by atoms with Gasteiger partial charge in [-0.05, 0) is 58.6 Å². The molecule has 0 radical (unpaired) electrons. The van der Waals surface area contributed by atoms with Crippen molar-refractivity contribution >= 4 is 90.8 Å². The first-order valence-corrected chi connectivity index (χ1v) is 17.1. The molecule has 0 aliphatic heterocycles. The Morgan fingerprint density at radius 2 is 1.04 bits per heavy atom. The van der Waals surface area contributed by atoms with E-state index in [0.29, 0.717) is 0 Å². The van der Waals surface area contributed by atoms with Gasteiger partial charge in [0.2, 0.25) is 34.4 Å². The highest BCUT2D eigenvalue weighted by Crippen LogP contribution is 2.28. The molecule has 2 aromatic heterocycles. The normalized spacial score (nSPS) is 11.9. The van der Waals surface area contributed by atoms with Crippen LogP contribution in [0.4, 0.5) is 35.2 Å². The lowest BCUT2D eigenvalue weighted by molar-refractivity contribution is 0.303. The van der Waals surface area contributed by atoms with Crippen LogP contribution in [0.25, 0.3) is 12.2 Å². The number of aliphatic hydroxyl groups excluding tert-OH is 2. The van der Waals surface area contributed by atoms with Gasteiger partial charge in [0.15, 0.2) is 0 Å². The van der Waals surface area contributed by atoms with E-state index in [1.54, 1.807) is 14.1 Å². The van der Waals surface area contributed by atoms with E-state index in [4.69, 9.17) is 23.2 Å². The SMILES string of the molecule is CN(CCO)c1nc(Cl)nc(Nc2ccc(/C=C/c3ccc(Nc4nc(Cl)nc(N(C)CCO)n4)cc3S(=O)(=O)O)c(S(=O)(=O)O)c2)n1. The summed E-state index contributed by atoms with van der Waals surface area (Å²) in [4.78, 5) is 26.1. The van der Waals surface area contributed by atoms with Crippen LogP contribution in [0.5, 0.6) is 0 Å². The molecule has 6 N–H and O–H groups in total. The Balaban J connectivity index is 1.65. The molecule has 18 nitrogen and oxygen atoms in total. The fourth-order valence-corrected chi connectivity index (χ4v) is 5.75. The molecule has 0 aliphatic carbocycles. The lowest BCUT2D eigenvalue weighted by atomic mass is 10.1. The first-order chi connectivity index (χ1) is 22.6. The molecule has 0 spiro atoms. The third kappa shape index (κ3) is 9.64. The first-order valence-electron chi connectivity index (χ1n) is 13.5. The standard InChI is InChI=1S/C26H28Cl2N10O8S2/c1-37(9-11-39)25-33-21(27)31-23(35-25)29-17-7-5-15(19(13-17)47(41,42)43)3-4-16-6-8-18(14-20(16)48(44,45)46)30-24-32-22(28)34-26(36-24)38(2)10-12-40/h3-8,13-14,39-40H,9-12H2,1-2H3,(H,41,42,43)(H,44,45,46)(H,29,31,33,35)(H,30,32,34,36)/b4-3+. The molecule has 0 aliphatic rings. The van der Waals surface area contributed by atoms with Crippen molar-refractivity contribution in [1.29, 1.82) is 0 Å². The highest BCUT2D eigenvalue weighted by Gasteiger charge is 2.19. The van der Waals surface area contributed by atoms with Gasteiger partial charge >= 0.3 is 0 Å². The van der Waals surface area contributed by atoms with Crippen molar-refractivity contribution in [2.24, 2.45) is 0 Å². The molecule has 0 atom stereocenters. The summed E-state index contributed by atoms with van der Waals surface area (Å²) in [6.07, 6.45) is 2.45. The summed E-state index contributed by atoms with van der Waals surface area (Å²) in [5.74, 6) is 0.145. The Bertz CT molecular complexity index is 1910. The van der Waals surface area contributed by atoms with Gasteiger partial charge in [0.25, 0.3) is 20.2 Å². The number of likely N-dealkylation sites (N-methyl/N-ethyl adjacent to an activating group) is 2. The van der Waals surface area contributed by atoms with Gasteiger partial charge in [-0.3, -0.25) is 9.11 Å². The number of rotatable bonds is 14. The number of benzene rings is 2. The Morgan fingerprint density at radius 1 is 0.667 bits per heavy atom. The van der Waals surface area contributed by atoms with Crippen LogP contribution in [-0.2, 0) is 20.2 Å². The maximum absolute atomic E-state index is 12.3. The van der Waals surface area contributed by atoms with E-state index in [1.165, 1.54) is 46.2 Å². The van der Waals surface area contributed by atoms with Crippen molar-refractivity contribution in [1.82, 2.24) is 29.9 Å². The number of hydrogen-bond donors (Lipinski definition) is 6. The number of aromatic nitrogens is 6. The topological polar surface area (TPSA) is 257 Å². The second-order valence-corrected chi connectivity index (χ2v) is 13.2. The number of aliphatic hydroxyl groups is 2. The predicted molar refractivity (Wildman–Crippen MR) is 178 cm³/mol. The number of nitrogens with zero attached hydrogens (tertiary/aromatic N) is 8. The smallest absolute Gasteiger partial charge is 0.295 e. The molecule has 22 heteroatoms. The van der Waals surface area contributed by atoms with Crippen molar-refractivity contribution in [3.05, 3.63) is 58.1 Å². The molecule has 256 valence electrons. The van der Waals surface area contributed by atoms with Crippen molar-refractivity contribution in [3.8, 4) is 0 Å². The molecule has 0 saturated heterocycles. The van der Waals surface area contributed by atoms with Crippen LogP contribution < -0.4 is 20.4 Å². The van der Waals surface area contributed by atoms with E-state index < -0.39 is 30.0 Å². The quantitative estimate of drug-likeness (QED) is 0.0800. The van der Waals surface area contributed by atoms with Crippen LogP contribution in [0.15, 0.2) is 46.2 Å². The second kappa shape index (κ2) is 15.3. The maximum Gasteiger partial charge on any atom is 0.295 e. The van der Waals surface area contributed by atoms with E-state index in [0.717, 1.165) is 12.1 Å². The molecule has 0 amide bonds. The largest absolute Gasteiger partial charge is 0.395 e. The van der Waals surface area contributed by atoms with Crippen molar-refractivity contribution in [3.63, 3.8) is 0 Å². The highest BCUT2D eigenvalue weighted by molar-refractivity contribution is 7.86. The van der Waals surface area contributed by atoms with Crippen molar-refractivity contribution in [2.75, 3.05) is 60.8 Å². The van der Waals surface area contributed by atoms with Gasteiger partial charge < -0.3 is 30.6 Å². The molecule has 48 heavy (non-hydrogen) atoms. The third-order valence-electron chi connectivity index (χ3n) is 6.28. The molecule has 4 aromatic rings. The predicted octanol–water partition coefficient (Wildman–Crippen LogP) is 2.37. The highest BCUT2D eigenvalue weighted by atomic mass is 35.5. The van der Waals surface area contributed by atoms with Gasteiger partial charge in [0.05, 0.1) is 13.2 Å². The second-order valence-electron chi connectivity index (χ2n) is 9.79. The third-order valence-corrected chi connectivity index (χ3v) is 8.44. The van der Waals surface area contributed by atoms with Gasteiger partial charge in [-0.25, -0.2) is 0 Å². The zero-order valence-electron chi connectivity index (χ0n) is 25.0. The number of halogens is 2. The average Bonchev–Trinajstić information content (AvgIpc) is 2.99. The molecule has 0 bridgehead atoms. The lowest BCUT2D eigenvalue weighted by Crippen LogP contribution is -2.24. The molecule has 2 heterocycles. The zero-order valence-corrected chi connectivity index (χ0v) is 28.2. The molecular weight excluding hydrogens is 715 g/mol. The number of anilines is 6. The molecule has 0 unspecified atom stereocenters. The molecule has 0 fully saturated rings. The van der Waals surface area contributed by atoms with E-state index in [1.807, 2.05) is 0 Å². The van der Waals surface area contributed by atoms with Crippen molar-refractivity contribution in [2.45, 2.75) is 9.79 Å². The average molecular weight is 744 g/mol. The Labute approximate surface area is 284 Å². The first kappa shape index (κ1) is 36.6. The van der Waals surface area contributed by atoms with Crippen molar-refractivity contribution < 1.29 is 36.2 Å². The van der Waals surface area contributed by atoms with Gasteiger partial charge in [-0.2, -0.15) is 46.7 Å². The Morgan fingerprint density at radius 3 is 1.38 bits per heavy atom. The van der Waals surface area contributed by atoms with Crippen LogP contribution in [0.2, 0.25) is 10.6 Å². The van der Waals surface area contributed by atoms with Gasteiger partial charge in [0.1, 0.15) is 9.79 Å². The van der Waals surface area contributed by atoms with Gasteiger partial charge in [-0.1, -0.05) is 24.3 Å². The molecule has 2 aromatic carbocycles. The van der Waals surface area contributed by atoms with E-state index in [-0.39, 0.29) is 83.2 Å². The summed E-state index contributed by atoms with van der Waals surface area (Å²) in [5, 5.41) is 23.6. The fourth-order valence-electron chi connectivity index (χ4n) is 4.02. The Hall–Kier alpha value is -4.28. The lowest BCUT2D eigenvalue weighted by Gasteiger charge is -2.16. The van der Waals surface area contributed by atoms with E-state index in [2.05, 4.69) is 40.5 Å². The zero-order chi connectivity index (χ0) is 35.2. The van der Waals surface area contributed by atoms with Crippen LogP contribution in [0, 0.1) is 0 Å². The van der Waals surface area contributed by atoms with Gasteiger partial charge in [0, 0.05) is 38.6 Å². The molecule has 0 saturated carbocycles. The van der Waals surface area contributed by atoms with Crippen LogP contribution in [-0.4, -0.2) is 106 Å². The molecular formula is C26H28Cl2N10O8S2. The minimum atomic E-state index is -4.82. The van der Waals surface area contributed by atoms with Crippen LogP contribution in [0.1, 0.15) is 11.1 Å². The van der Waals surface area contributed by atoms with Crippen LogP contribution in [0.3, 0.4) is 0 Å². The minimum Gasteiger partial charge on any atom is -0.395 e. The monoisotopic (exact) mass is 742 g/mol. The maximum atomic E-state index is 12.3. The summed E-state index contributed by atoms with van der Waals surface area (Å²) >= 11 is 12.0. The molecule has 4 rings (SSSR count). The summed E-state index contributed by atoms with van der Waals surface area (Å²) < 4.78 is 69.3. The van der Waals surface area contributed by atoms with E-state index in [9.17, 15) is 36.2 Å².